The molecule has 0 saturated carbocycles. The number of carboxylic acid groups (broad SMARTS) is 2. The molecular weight excluding hydrogens is 334 g/mol. The number of carboxylic acids is 2. The van der Waals surface area contributed by atoms with E-state index in [1.54, 1.807) is 24.3 Å². The van der Waals surface area contributed by atoms with E-state index < -0.39 is 11.9 Å². The van der Waals surface area contributed by atoms with Crippen molar-refractivity contribution >= 4 is 46.8 Å². The number of carbonyl (C=O) groups is 2. The predicted molar refractivity (Wildman–Crippen MR) is 90.4 cm³/mol. The van der Waals surface area contributed by atoms with Crippen molar-refractivity contribution in [1.29, 1.82) is 0 Å². The summed E-state index contributed by atoms with van der Waals surface area (Å²) in [6.07, 6.45) is 1.32. The SMILES string of the molecule is Cl.O=C(O)c1cccc(Nc2ncnc3cccc(C(=O)O)c23)c1. The molecule has 0 unspecified atom stereocenters. The molecule has 0 spiro atoms. The molecule has 0 fully saturated rings. The van der Waals surface area contributed by atoms with E-state index in [-0.39, 0.29) is 23.5 Å². The van der Waals surface area contributed by atoms with Crippen LogP contribution < -0.4 is 5.32 Å². The monoisotopic (exact) mass is 345 g/mol. The van der Waals surface area contributed by atoms with E-state index in [0.29, 0.717) is 22.4 Å². The molecule has 0 bridgehead atoms. The second-order valence-corrected chi connectivity index (χ2v) is 4.74. The van der Waals surface area contributed by atoms with Gasteiger partial charge in [0.25, 0.3) is 0 Å². The fourth-order valence-electron chi connectivity index (χ4n) is 2.25. The van der Waals surface area contributed by atoms with E-state index in [1.165, 1.54) is 24.5 Å². The van der Waals surface area contributed by atoms with Gasteiger partial charge >= 0.3 is 11.9 Å². The van der Waals surface area contributed by atoms with Crippen molar-refractivity contribution in [3.63, 3.8) is 0 Å². The number of nitrogens with zero attached hydrogens (tertiary/aromatic N) is 2. The zero-order valence-electron chi connectivity index (χ0n) is 12.1. The third-order valence-corrected chi connectivity index (χ3v) is 3.27. The summed E-state index contributed by atoms with van der Waals surface area (Å²) in [5, 5.41) is 21.7. The van der Waals surface area contributed by atoms with Crippen LogP contribution in [0.4, 0.5) is 11.5 Å². The number of halogens is 1. The van der Waals surface area contributed by atoms with Crippen molar-refractivity contribution in [2.45, 2.75) is 0 Å². The third kappa shape index (κ3) is 3.26. The lowest BCUT2D eigenvalue weighted by Crippen LogP contribution is -2.03. The number of aromatic carboxylic acids is 2. The number of hydrogen-bond donors (Lipinski definition) is 3. The van der Waals surface area contributed by atoms with E-state index in [4.69, 9.17) is 5.11 Å². The lowest BCUT2D eigenvalue weighted by Gasteiger charge is -2.10. The van der Waals surface area contributed by atoms with Gasteiger partial charge in [-0.1, -0.05) is 12.1 Å². The second-order valence-electron chi connectivity index (χ2n) is 4.74. The van der Waals surface area contributed by atoms with Crippen molar-refractivity contribution in [3.05, 3.63) is 59.9 Å². The summed E-state index contributed by atoms with van der Waals surface area (Å²) in [5.41, 5.74) is 1.16. The number of aromatic nitrogens is 2. The molecule has 3 N–H and O–H groups in total. The molecule has 0 radical (unpaired) electrons. The highest BCUT2D eigenvalue weighted by atomic mass is 35.5. The van der Waals surface area contributed by atoms with Crippen LogP contribution in [0.5, 0.6) is 0 Å². The molecule has 0 saturated heterocycles. The molecule has 3 aromatic rings. The number of hydrogen-bond acceptors (Lipinski definition) is 5. The minimum atomic E-state index is -1.09. The summed E-state index contributed by atoms with van der Waals surface area (Å²) in [4.78, 5) is 30.6. The molecule has 0 atom stereocenters. The van der Waals surface area contributed by atoms with Crippen LogP contribution in [0.2, 0.25) is 0 Å². The molecule has 0 aliphatic heterocycles. The zero-order chi connectivity index (χ0) is 16.4. The van der Waals surface area contributed by atoms with Crippen LogP contribution in [-0.4, -0.2) is 32.1 Å². The Labute approximate surface area is 142 Å². The average Bonchev–Trinajstić information content (AvgIpc) is 2.54. The van der Waals surface area contributed by atoms with Crippen molar-refractivity contribution in [2.24, 2.45) is 0 Å². The Balaban J connectivity index is 0.00000208. The molecule has 7 nitrogen and oxygen atoms in total. The standard InChI is InChI=1S/C16H11N3O4.ClH/c20-15(21)9-3-1-4-10(7-9)19-14-13-11(16(22)23)5-2-6-12(13)17-8-18-14;/h1-8H,(H,20,21)(H,22,23)(H,17,18,19);1H. The van der Waals surface area contributed by atoms with Crippen LogP contribution in [0, 0.1) is 0 Å². The molecule has 3 rings (SSSR count). The number of rotatable bonds is 4. The van der Waals surface area contributed by atoms with Crippen molar-refractivity contribution in [1.82, 2.24) is 9.97 Å². The molecule has 24 heavy (non-hydrogen) atoms. The first-order valence-electron chi connectivity index (χ1n) is 6.63. The van der Waals surface area contributed by atoms with Gasteiger partial charge in [-0.2, -0.15) is 0 Å². The molecule has 0 aliphatic rings. The Hall–Kier alpha value is -3.19. The summed E-state index contributed by atoms with van der Waals surface area (Å²) in [6, 6.07) is 10.9. The Bertz CT molecular complexity index is 925. The van der Waals surface area contributed by atoms with Gasteiger partial charge < -0.3 is 15.5 Å². The van der Waals surface area contributed by atoms with Crippen molar-refractivity contribution in [2.75, 3.05) is 5.32 Å². The van der Waals surface area contributed by atoms with Gasteiger partial charge in [-0.3, -0.25) is 0 Å². The number of anilines is 2. The molecule has 8 heteroatoms. The molecule has 1 heterocycles. The maximum atomic E-state index is 11.4. The van der Waals surface area contributed by atoms with E-state index in [1.807, 2.05) is 0 Å². The van der Waals surface area contributed by atoms with Gasteiger partial charge in [0.1, 0.15) is 12.1 Å². The van der Waals surface area contributed by atoms with Crippen LogP contribution in [0.15, 0.2) is 48.8 Å². The second kappa shape index (κ2) is 6.93. The molecule has 1 aromatic heterocycles. The zero-order valence-corrected chi connectivity index (χ0v) is 12.9. The largest absolute Gasteiger partial charge is 0.478 e. The van der Waals surface area contributed by atoms with Gasteiger partial charge in [-0.05, 0) is 30.3 Å². The lowest BCUT2D eigenvalue weighted by molar-refractivity contribution is 0.0687. The fraction of sp³-hybridized carbons (Fsp3) is 0. The smallest absolute Gasteiger partial charge is 0.336 e. The summed E-state index contributed by atoms with van der Waals surface area (Å²) in [6.45, 7) is 0. The van der Waals surface area contributed by atoms with Gasteiger partial charge in [-0.15, -0.1) is 12.4 Å². The first-order chi connectivity index (χ1) is 11.1. The summed E-state index contributed by atoms with van der Waals surface area (Å²) in [5.74, 6) is -1.84. The first-order valence-corrected chi connectivity index (χ1v) is 6.63. The van der Waals surface area contributed by atoms with Crippen LogP contribution >= 0.6 is 12.4 Å². The van der Waals surface area contributed by atoms with Gasteiger partial charge in [-0.25, -0.2) is 19.6 Å². The summed E-state index contributed by atoms with van der Waals surface area (Å²) < 4.78 is 0. The quantitative estimate of drug-likeness (QED) is 0.665. The number of fused-ring (bicyclic) bond motifs is 1. The molecular formula is C16H12ClN3O4. The normalized spacial score (nSPS) is 10.0. The Kier molecular flexibility index (Phi) is 4.96. The fourth-order valence-corrected chi connectivity index (χ4v) is 2.25. The third-order valence-electron chi connectivity index (χ3n) is 3.27. The predicted octanol–water partition coefficient (Wildman–Crippen LogP) is 3.19. The Morgan fingerprint density at radius 3 is 2.42 bits per heavy atom. The Morgan fingerprint density at radius 2 is 1.71 bits per heavy atom. The van der Waals surface area contributed by atoms with Crippen LogP contribution in [0.1, 0.15) is 20.7 Å². The highest BCUT2D eigenvalue weighted by Crippen LogP contribution is 2.26. The minimum Gasteiger partial charge on any atom is -0.478 e. The van der Waals surface area contributed by atoms with Gasteiger partial charge in [0.05, 0.1) is 22.0 Å². The molecule has 2 aromatic carbocycles. The Morgan fingerprint density at radius 1 is 0.958 bits per heavy atom. The van der Waals surface area contributed by atoms with E-state index in [0.717, 1.165) is 0 Å². The van der Waals surface area contributed by atoms with Gasteiger partial charge in [0.2, 0.25) is 0 Å². The van der Waals surface area contributed by atoms with Gasteiger partial charge in [0.15, 0.2) is 0 Å². The summed E-state index contributed by atoms with van der Waals surface area (Å²) in [7, 11) is 0. The summed E-state index contributed by atoms with van der Waals surface area (Å²) >= 11 is 0. The molecule has 0 amide bonds. The average molecular weight is 346 g/mol. The lowest BCUT2D eigenvalue weighted by atomic mass is 10.1. The van der Waals surface area contributed by atoms with Gasteiger partial charge in [0, 0.05) is 5.69 Å². The van der Waals surface area contributed by atoms with Crippen molar-refractivity contribution in [3.8, 4) is 0 Å². The van der Waals surface area contributed by atoms with E-state index in [2.05, 4.69) is 15.3 Å². The van der Waals surface area contributed by atoms with Crippen LogP contribution in [0.3, 0.4) is 0 Å². The molecule has 0 aliphatic carbocycles. The highest BCUT2D eigenvalue weighted by molar-refractivity contribution is 6.07. The maximum Gasteiger partial charge on any atom is 0.336 e. The topological polar surface area (TPSA) is 112 Å². The first kappa shape index (κ1) is 17.2. The maximum absolute atomic E-state index is 11.4. The minimum absolute atomic E-state index is 0. The van der Waals surface area contributed by atoms with E-state index >= 15 is 0 Å². The number of nitrogens with one attached hydrogen (secondary N) is 1. The highest BCUT2D eigenvalue weighted by Gasteiger charge is 2.14. The molecule has 122 valence electrons. The number of benzene rings is 2. The van der Waals surface area contributed by atoms with Crippen LogP contribution in [-0.2, 0) is 0 Å². The van der Waals surface area contributed by atoms with Crippen LogP contribution in [0.25, 0.3) is 10.9 Å². The van der Waals surface area contributed by atoms with Crippen molar-refractivity contribution < 1.29 is 19.8 Å². The van der Waals surface area contributed by atoms with E-state index in [9.17, 15) is 14.7 Å².